The standard InChI is InChI=1S/C13H24N2O3/c1-9(2)13(17)15-7-10(6-11(14)8-15)4-5-12(16)18-3/h9-11H,4-8,14H2,1-3H3. The highest BCUT2D eigenvalue weighted by atomic mass is 16.5. The van der Waals surface area contributed by atoms with Gasteiger partial charge in [-0.25, -0.2) is 0 Å². The topological polar surface area (TPSA) is 72.6 Å². The Balaban J connectivity index is 2.50. The van der Waals surface area contributed by atoms with E-state index in [0.717, 1.165) is 12.8 Å². The van der Waals surface area contributed by atoms with Crippen LogP contribution in [0.3, 0.4) is 0 Å². The number of carbonyl (C=O) groups excluding carboxylic acids is 2. The molecule has 1 heterocycles. The van der Waals surface area contributed by atoms with E-state index >= 15 is 0 Å². The molecule has 5 nitrogen and oxygen atoms in total. The Morgan fingerprint density at radius 2 is 2.06 bits per heavy atom. The molecule has 1 fully saturated rings. The number of esters is 1. The second-order valence-electron chi connectivity index (χ2n) is 5.37. The van der Waals surface area contributed by atoms with Crippen molar-refractivity contribution in [1.82, 2.24) is 4.90 Å². The van der Waals surface area contributed by atoms with Gasteiger partial charge in [0.05, 0.1) is 7.11 Å². The van der Waals surface area contributed by atoms with Crippen LogP contribution in [0.1, 0.15) is 33.1 Å². The van der Waals surface area contributed by atoms with Crippen LogP contribution in [0.5, 0.6) is 0 Å². The zero-order valence-corrected chi connectivity index (χ0v) is 11.5. The first-order valence-electron chi connectivity index (χ1n) is 6.55. The van der Waals surface area contributed by atoms with E-state index in [9.17, 15) is 9.59 Å². The fourth-order valence-corrected chi connectivity index (χ4v) is 2.42. The molecule has 0 aromatic heterocycles. The number of methoxy groups -OCH3 is 1. The summed E-state index contributed by atoms with van der Waals surface area (Å²) < 4.78 is 4.63. The number of likely N-dealkylation sites (tertiary alicyclic amines) is 1. The lowest BCUT2D eigenvalue weighted by Gasteiger charge is -2.37. The third-order valence-electron chi connectivity index (χ3n) is 3.36. The number of hydrogen-bond donors (Lipinski definition) is 1. The molecule has 0 aromatic rings. The minimum absolute atomic E-state index is 0.00319. The molecule has 0 aliphatic carbocycles. The fraction of sp³-hybridized carbons (Fsp3) is 0.846. The molecule has 0 spiro atoms. The van der Waals surface area contributed by atoms with Crippen molar-refractivity contribution in [2.45, 2.75) is 39.2 Å². The van der Waals surface area contributed by atoms with Crippen LogP contribution < -0.4 is 5.73 Å². The minimum Gasteiger partial charge on any atom is -0.469 e. The molecule has 2 atom stereocenters. The minimum atomic E-state index is -0.198. The lowest BCUT2D eigenvalue weighted by Crippen LogP contribution is -2.50. The number of amides is 1. The molecule has 0 aromatic carbocycles. The van der Waals surface area contributed by atoms with Crippen molar-refractivity contribution in [2.75, 3.05) is 20.2 Å². The fourth-order valence-electron chi connectivity index (χ4n) is 2.42. The van der Waals surface area contributed by atoms with Crippen LogP contribution in [0.4, 0.5) is 0 Å². The highest BCUT2D eigenvalue weighted by molar-refractivity contribution is 5.78. The molecule has 5 heteroatoms. The van der Waals surface area contributed by atoms with E-state index in [1.807, 2.05) is 18.7 Å². The molecule has 1 amide bonds. The number of hydrogen-bond acceptors (Lipinski definition) is 4. The molecule has 0 saturated carbocycles. The molecule has 2 N–H and O–H groups in total. The summed E-state index contributed by atoms with van der Waals surface area (Å²) in [5.41, 5.74) is 5.98. The third-order valence-corrected chi connectivity index (χ3v) is 3.36. The van der Waals surface area contributed by atoms with E-state index in [1.165, 1.54) is 7.11 Å². The van der Waals surface area contributed by atoms with E-state index in [0.29, 0.717) is 25.4 Å². The number of piperidine rings is 1. The Bertz CT molecular complexity index is 305. The maximum absolute atomic E-state index is 12.0. The van der Waals surface area contributed by atoms with Gasteiger partial charge in [-0.3, -0.25) is 9.59 Å². The van der Waals surface area contributed by atoms with Crippen molar-refractivity contribution in [3.05, 3.63) is 0 Å². The van der Waals surface area contributed by atoms with Gasteiger partial charge in [0.1, 0.15) is 0 Å². The van der Waals surface area contributed by atoms with E-state index in [4.69, 9.17) is 5.73 Å². The molecule has 0 radical (unpaired) electrons. The Morgan fingerprint density at radius 3 is 2.61 bits per heavy atom. The smallest absolute Gasteiger partial charge is 0.305 e. The summed E-state index contributed by atoms with van der Waals surface area (Å²) in [5, 5.41) is 0. The zero-order chi connectivity index (χ0) is 13.7. The van der Waals surface area contributed by atoms with Crippen molar-refractivity contribution in [3.63, 3.8) is 0 Å². The van der Waals surface area contributed by atoms with E-state index in [-0.39, 0.29) is 23.8 Å². The first kappa shape index (κ1) is 15.0. The normalized spacial score (nSPS) is 24.2. The van der Waals surface area contributed by atoms with Crippen molar-refractivity contribution in [3.8, 4) is 0 Å². The molecule has 2 unspecified atom stereocenters. The largest absolute Gasteiger partial charge is 0.469 e. The van der Waals surface area contributed by atoms with Crippen LogP contribution in [0.25, 0.3) is 0 Å². The Hall–Kier alpha value is -1.10. The number of ether oxygens (including phenoxy) is 1. The SMILES string of the molecule is COC(=O)CCC1CC(N)CN(C(=O)C(C)C)C1. The summed E-state index contributed by atoms with van der Waals surface area (Å²) in [4.78, 5) is 24.9. The van der Waals surface area contributed by atoms with Crippen molar-refractivity contribution >= 4 is 11.9 Å². The average Bonchev–Trinajstić information content (AvgIpc) is 2.34. The van der Waals surface area contributed by atoms with Crippen molar-refractivity contribution in [1.29, 1.82) is 0 Å². The maximum atomic E-state index is 12.0. The highest BCUT2D eigenvalue weighted by Gasteiger charge is 2.29. The number of nitrogens with two attached hydrogens (primary N) is 1. The molecular formula is C13H24N2O3. The Morgan fingerprint density at radius 1 is 1.39 bits per heavy atom. The Labute approximate surface area is 109 Å². The molecule has 1 aliphatic rings. The van der Waals surface area contributed by atoms with Gasteiger partial charge < -0.3 is 15.4 Å². The first-order valence-corrected chi connectivity index (χ1v) is 6.55. The number of rotatable bonds is 4. The first-order chi connectivity index (χ1) is 8.43. The lowest BCUT2D eigenvalue weighted by atomic mass is 9.90. The van der Waals surface area contributed by atoms with Gasteiger partial charge in [0.15, 0.2) is 0 Å². The van der Waals surface area contributed by atoms with Gasteiger partial charge in [0.25, 0.3) is 0 Å². The summed E-state index contributed by atoms with van der Waals surface area (Å²) in [5.74, 6) is 0.246. The van der Waals surface area contributed by atoms with Gasteiger partial charge in [-0.15, -0.1) is 0 Å². The molecule has 0 bridgehead atoms. The third kappa shape index (κ3) is 4.29. The van der Waals surface area contributed by atoms with Crippen LogP contribution in [0, 0.1) is 11.8 Å². The monoisotopic (exact) mass is 256 g/mol. The zero-order valence-electron chi connectivity index (χ0n) is 11.5. The average molecular weight is 256 g/mol. The summed E-state index contributed by atoms with van der Waals surface area (Å²) in [6, 6.07) is 0.0177. The molecule has 1 saturated heterocycles. The molecule has 104 valence electrons. The maximum Gasteiger partial charge on any atom is 0.305 e. The van der Waals surface area contributed by atoms with Gasteiger partial charge in [0, 0.05) is 31.5 Å². The lowest BCUT2D eigenvalue weighted by molar-refractivity contribution is -0.141. The second-order valence-corrected chi connectivity index (χ2v) is 5.37. The van der Waals surface area contributed by atoms with Crippen LogP contribution in [-0.2, 0) is 14.3 Å². The van der Waals surface area contributed by atoms with Gasteiger partial charge in [-0.2, -0.15) is 0 Å². The summed E-state index contributed by atoms with van der Waals surface area (Å²) in [6.07, 6.45) is 2.01. The van der Waals surface area contributed by atoms with Crippen molar-refractivity contribution in [2.24, 2.45) is 17.6 Å². The molecule has 1 aliphatic heterocycles. The van der Waals surface area contributed by atoms with Crippen LogP contribution in [0.15, 0.2) is 0 Å². The van der Waals surface area contributed by atoms with Gasteiger partial charge in [-0.1, -0.05) is 13.8 Å². The molecular weight excluding hydrogens is 232 g/mol. The predicted molar refractivity (Wildman–Crippen MR) is 68.8 cm³/mol. The van der Waals surface area contributed by atoms with Crippen LogP contribution in [-0.4, -0.2) is 43.0 Å². The van der Waals surface area contributed by atoms with Gasteiger partial charge in [0.2, 0.25) is 5.91 Å². The van der Waals surface area contributed by atoms with Crippen LogP contribution >= 0.6 is 0 Å². The number of carbonyl (C=O) groups is 2. The van der Waals surface area contributed by atoms with Gasteiger partial charge >= 0.3 is 5.97 Å². The van der Waals surface area contributed by atoms with E-state index in [2.05, 4.69) is 4.74 Å². The molecule has 18 heavy (non-hydrogen) atoms. The van der Waals surface area contributed by atoms with E-state index in [1.54, 1.807) is 0 Å². The molecule has 1 rings (SSSR count). The number of nitrogens with zero attached hydrogens (tertiary/aromatic N) is 1. The summed E-state index contributed by atoms with van der Waals surface area (Å²) >= 11 is 0. The summed E-state index contributed by atoms with van der Waals surface area (Å²) in [6.45, 7) is 5.13. The van der Waals surface area contributed by atoms with E-state index < -0.39 is 0 Å². The highest BCUT2D eigenvalue weighted by Crippen LogP contribution is 2.22. The van der Waals surface area contributed by atoms with Crippen molar-refractivity contribution < 1.29 is 14.3 Å². The predicted octanol–water partition coefficient (Wildman–Crippen LogP) is 0.771. The summed E-state index contributed by atoms with van der Waals surface area (Å²) in [7, 11) is 1.39. The van der Waals surface area contributed by atoms with Gasteiger partial charge in [-0.05, 0) is 18.8 Å². The van der Waals surface area contributed by atoms with Crippen LogP contribution in [0.2, 0.25) is 0 Å². The Kier molecular flexibility index (Phi) is 5.59. The quantitative estimate of drug-likeness (QED) is 0.754. The second kappa shape index (κ2) is 6.73.